The van der Waals surface area contributed by atoms with Gasteiger partial charge in [0.05, 0.1) is 0 Å². The smallest absolute Gasteiger partial charge is 0.0162 e. The molecule has 2 rings (SSSR count). The summed E-state index contributed by atoms with van der Waals surface area (Å²) in [6.07, 6.45) is 14.2. The van der Waals surface area contributed by atoms with Crippen LogP contribution in [0.2, 0.25) is 0 Å². The molecular formula is C19H26. The lowest BCUT2D eigenvalue weighted by Gasteiger charge is -2.27. The SMILES string of the molecule is C=CCCc1ccc(C2CCC(C=CC)CC2)cc1. The molecule has 0 radical (unpaired) electrons. The van der Waals surface area contributed by atoms with E-state index in [0.29, 0.717) is 0 Å². The van der Waals surface area contributed by atoms with Gasteiger partial charge in [0, 0.05) is 0 Å². The highest BCUT2D eigenvalue weighted by atomic mass is 14.2. The van der Waals surface area contributed by atoms with Gasteiger partial charge in [-0.15, -0.1) is 6.58 Å². The monoisotopic (exact) mass is 254 g/mol. The zero-order chi connectivity index (χ0) is 13.5. The van der Waals surface area contributed by atoms with Crippen molar-refractivity contribution >= 4 is 0 Å². The first kappa shape index (κ1) is 14.1. The maximum Gasteiger partial charge on any atom is -0.0162 e. The van der Waals surface area contributed by atoms with Crippen molar-refractivity contribution in [3.63, 3.8) is 0 Å². The van der Waals surface area contributed by atoms with Crippen molar-refractivity contribution in [2.75, 3.05) is 0 Å². The van der Waals surface area contributed by atoms with Gasteiger partial charge in [0.25, 0.3) is 0 Å². The van der Waals surface area contributed by atoms with Crippen LogP contribution in [-0.2, 0) is 6.42 Å². The van der Waals surface area contributed by atoms with Gasteiger partial charge in [-0.25, -0.2) is 0 Å². The second kappa shape index (κ2) is 7.33. The summed E-state index contributed by atoms with van der Waals surface area (Å²) in [5.41, 5.74) is 2.98. The molecule has 0 saturated heterocycles. The van der Waals surface area contributed by atoms with Gasteiger partial charge >= 0.3 is 0 Å². The van der Waals surface area contributed by atoms with Crippen LogP contribution >= 0.6 is 0 Å². The van der Waals surface area contributed by atoms with Gasteiger partial charge in [-0.1, -0.05) is 42.5 Å². The van der Waals surface area contributed by atoms with Gasteiger partial charge in [0.15, 0.2) is 0 Å². The molecular weight excluding hydrogens is 228 g/mol. The molecule has 0 nitrogen and oxygen atoms in total. The van der Waals surface area contributed by atoms with Crippen molar-refractivity contribution in [2.45, 2.75) is 51.4 Å². The Morgan fingerprint density at radius 1 is 1.11 bits per heavy atom. The summed E-state index contributed by atoms with van der Waals surface area (Å²) in [5.74, 6) is 1.61. The summed E-state index contributed by atoms with van der Waals surface area (Å²) in [6.45, 7) is 5.92. The van der Waals surface area contributed by atoms with Crippen molar-refractivity contribution in [1.82, 2.24) is 0 Å². The van der Waals surface area contributed by atoms with E-state index >= 15 is 0 Å². The van der Waals surface area contributed by atoms with Crippen molar-refractivity contribution in [1.29, 1.82) is 0 Å². The number of allylic oxidation sites excluding steroid dienone is 3. The molecule has 0 aromatic heterocycles. The van der Waals surface area contributed by atoms with Gasteiger partial charge < -0.3 is 0 Å². The average molecular weight is 254 g/mol. The number of aryl methyl sites for hydroxylation is 1. The Bertz CT molecular complexity index is 402. The predicted molar refractivity (Wildman–Crippen MR) is 84.5 cm³/mol. The summed E-state index contributed by atoms with van der Waals surface area (Å²) in [5, 5.41) is 0. The molecule has 1 aliphatic carbocycles. The van der Waals surface area contributed by atoms with E-state index in [0.717, 1.165) is 24.7 Å². The van der Waals surface area contributed by atoms with E-state index < -0.39 is 0 Å². The minimum atomic E-state index is 0.787. The van der Waals surface area contributed by atoms with E-state index in [9.17, 15) is 0 Å². The van der Waals surface area contributed by atoms with E-state index in [1.807, 2.05) is 6.08 Å². The van der Waals surface area contributed by atoms with Crippen LogP contribution in [0.5, 0.6) is 0 Å². The quantitative estimate of drug-likeness (QED) is 0.595. The van der Waals surface area contributed by atoms with Gasteiger partial charge in [0.1, 0.15) is 0 Å². The van der Waals surface area contributed by atoms with Gasteiger partial charge in [-0.2, -0.15) is 0 Å². The lowest BCUT2D eigenvalue weighted by atomic mass is 9.78. The molecule has 0 heterocycles. The maximum atomic E-state index is 3.78. The average Bonchev–Trinajstić information content (AvgIpc) is 2.47. The number of benzene rings is 1. The second-order valence-corrected chi connectivity index (χ2v) is 5.71. The Hall–Kier alpha value is -1.30. The number of rotatable bonds is 5. The van der Waals surface area contributed by atoms with E-state index in [2.05, 4.69) is 49.9 Å². The number of hydrogen-bond donors (Lipinski definition) is 0. The Morgan fingerprint density at radius 3 is 2.37 bits per heavy atom. The first-order valence-electron chi connectivity index (χ1n) is 7.66. The van der Waals surface area contributed by atoms with Crippen LogP contribution in [0, 0.1) is 5.92 Å². The summed E-state index contributed by atoms with van der Waals surface area (Å²) in [7, 11) is 0. The molecule has 0 amide bonds. The molecule has 1 aromatic carbocycles. The lowest BCUT2D eigenvalue weighted by molar-refractivity contribution is 0.375. The summed E-state index contributed by atoms with van der Waals surface area (Å²) < 4.78 is 0. The molecule has 0 aliphatic heterocycles. The van der Waals surface area contributed by atoms with Crippen LogP contribution in [0.3, 0.4) is 0 Å². The van der Waals surface area contributed by atoms with E-state index in [4.69, 9.17) is 0 Å². The molecule has 1 aromatic rings. The second-order valence-electron chi connectivity index (χ2n) is 5.71. The third kappa shape index (κ3) is 4.09. The highest BCUT2D eigenvalue weighted by Crippen LogP contribution is 2.36. The molecule has 1 aliphatic rings. The van der Waals surface area contributed by atoms with Crippen molar-refractivity contribution in [3.8, 4) is 0 Å². The molecule has 0 N–H and O–H groups in total. The van der Waals surface area contributed by atoms with E-state index in [1.54, 1.807) is 5.56 Å². The molecule has 1 saturated carbocycles. The fourth-order valence-electron chi connectivity index (χ4n) is 3.14. The first-order valence-corrected chi connectivity index (χ1v) is 7.66. The zero-order valence-electron chi connectivity index (χ0n) is 12.1. The first-order chi connectivity index (χ1) is 9.33. The fourth-order valence-corrected chi connectivity index (χ4v) is 3.14. The van der Waals surface area contributed by atoms with Gasteiger partial charge in [0.2, 0.25) is 0 Å². The molecule has 1 fully saturated rings. The predicted octanol–water partition coefficient (Wildman–Crippen LogP) is 5.66. The lowest BCUT2D eigenvalue weighted by Crippen LogP contribution is -2.11. The minimum absolute atomic E-state index is 0.787. The Kier molecular flexibility index (Phi) is 5.44. The minimum Gasteiger partial charge on any atom is -0.103 e. The highest BCUT2D eigenvalue weighted by molar-refractivity contribution is 5.26. The summed E-state index contributed by atoms with van der Waals surface area (Å²) >= 11 is 0. The Morgan fingerprint density at radius 2 is 1.79 bits per heavy atom. The van der Waals surface area contributed by atoms with Crippen LogP contribution in [0.1, 0.15) is 56.1 Å². The van der Waals surface area contributed by atoms with Crippen LogP contribution < -0.4 is 0 Å². The van der Waals surface area contributed by atoms with Gasteiger partial charge in [-0.05, 0) is 68.4 Å². The Labute approximate surface area is 118 Å². The van der Waals surface area contributed by atoms with Crippen molar-refractivity contribution in [3.05, 3.63) is 60.2 Å². The normalized spacial score (nSPS) is 23.6. The van der Waals surface area contributed by atoms with Gasteiger partial charge in [-0.3, -0.25) is 0 Å². The standard InChI is InChI=1S/C19H26/c1-3-5-7-17-10-14-19(15-11-17)18-12-8-16(6-4-2)9-13-18/h3-4,6,10-11,14-16,18H,1,5,7-9,12-13H2,2H3. The molecule has 102 valence electrons. The topological polar surface area (TPSA) is 0 Å². The molecule has 0 unspecified atom stereocenters. The van der Waals surface area contributed by atoms with Crippen LogP contribution in [0.15, 0.2) is 49.1 Å². The molecule has 0 atom stereocenters. The van der Waals surface area contributed by atoms with E-state index in [1.165, 1.54) is 31.2 Å². The Balaban J connectivity index is 1.90. The van der Waals surface area contributed by atoms with Crippen molar-refractivity contribution in [2.24, 2.45) is 5.92 Å². The maximum absolute atomic E-state index is 3.78. The third-order valence-electron chi connectivity index (χ3n) is 4.32. The van der Waals surface area contributed by atoms with Crippen molar-refractivity contribution < 1.29 is 0 Å². The number of hydrogen-bond acceptors (Lipinski definition) is 0. The molecule has 0 spiro atoms. The summed E-state index contributed by atoms with van der Waals surface area (Å²) in [4.78, 5) is 0. The molecule has 0 heteroatoms. The zero-order valence-corrected chi connectivity index (χ0v) is 12.1. The third-order valence-corrected chi connectivity index (χ3v) is 4.32. The van der Waals surface area contributed by atoms with E-state index in [-0.39, 0.29) is 0 Å². The molecule has 19 heavy (non-hydrogen) atoms. The largest absolute Gasteiger partial charge is 0.103 e. The highest BCUT2D eigenvalue weighted by Gasteiger charge is 2.20. The summed E-state index contributed by atoms with van der Waals surface area (Å²) in [6, 6.07) is 9.30. The van der Waals surface area contributed by atoms with Crippen LogP contribution in [0.25, 0.3) is 0 Å². The molecule has 0 bridgehead atoms. The van der Waals surface area contributed by atoms with Crippen LogP contribution in [-0.4, -0.2) is 0 Å². The fraction of sp³-hybridized carbons (Fsp3) is 0.474. The van der Waals surface area contributed by atoms with Crippen LogP contribution in [0.4, 0.5) is 0 Å².